The second-order valence-electron chi connectivity index (χ2n) is 4.66. The molecule has 0 aromatic heterocycles. The van der Waals surface area contributed by atoms with Gasteiger partial charge in [-0.2, -0.15) is 0 Å². The van der Waals surface area contributed by atoms with E-state index in [0.717, 1.165) is 22.2 Å². The molecule has 1 saturated heterocycles. The standard InChI is InChI=1S/C14H14N2O2S2/c1-9-4-2-3-5-10(9)16-12(17)8-11(13(16)18)20-14-15-6-7-19-14/h2-5,11H,6-8H2,1H3/t11-/m1/s1. The summed E-state index contributed by atoms with van der Waals surface area (Å²) < 4.78 is 0.933. The molecule has 0 aliphatic carbocycles. The van der Waals surface area contributed by atoms with Crippen molar-refractivity contribution in [3.05, 3.63) is 29.8 Å². The first kappa shape index (κ1) is 13.7. The summed E-state index contributed by atoms with van der Waals surface area (Å²) in [5.74, 6) is 0.730. The van der Waals surface area contributed by atoms with Gasteiger partial charge in [0.15, 0.2) is 0 Å². The topological polar surface area (TPSA) is 49.7 Å². The average molecular weight is 306 g/mol. The summed E-state index contributed by atoms with van der Waals surface area (Å²) in [7, 11) is 0. The van der Waals surface area contributed by atoms with Crippen LogP contribution in [0, 0.1) is 6.92 Å². The Balaban J connectivity index is 1.82. The van der Waals surface area contributed by atoms with E-state index >= 15 is 0 Å². The van der Waals surface area contributed by atoms with E-state index in [1.54, 1.807) is 11.8 Å². The highest BCUT2D eigenvalue weighted by Gasteiger charge is 2.41. The number of thioether (sulfide) groups is 2. The van der Waals surface area contributed by atoms with Gasteiger partial charge in [0.05, 0.1) is 12.2 Å². The van der Waals surface area contributed by atoms with Gasteiger partial charge in [-0.3, -0.25) is 14.6 Å². The van der Waals surface area contributed by atoms with E-state index in [-0.39, 0.29) is 23.5 Å². The van der Waals surface area contributed by atoms with E-state index in [9.17, 15) is 9.59 Å². The maximum Gasteiger partial charge on any atom is 0.247 e. The lowest BCUT2D eigenvalue weighted by atomic mass is 10.2. The fraction of sp³-hybridized carbons (Fsp3) is 0.357. The summed E-state index contributed by atoms with van der Waals surface area (Å²) in [6, 6.07) is 7.48. The summed E-state index contributed by atoms with van der Waals surface area (Å²) in [4.78, 5) is 30.3. The molecule has 1 fully saturated rings. The summed E-state index contributed by atoms with van der Waals surface area (Å²) in [5, 5.41) is -0.327. The zero-order chi connectivity index (χ0) is 14.1. The van der Waals surface area contributed by atoms with Crippen molar-refractivity contribution in [1.82, 2.24) is 0 Å². The van der Waals surface area contributed by atoms with Crippen molar-refractivity contribution in [2.75, 3.05) is 17.2 Å². The minimum absolute atomic E-state index is 0.120. The number of carbonyl (C=O) groups is 2. The number of aliphatic imine (C=N–C) groups is 1. The van der Waals surface area contributed by atoms with E-state index in [2.05, 4.69) is 4.99 Å². The number of benzene rings is 1. The SMILES string of the molecule is Cc1ccccc1N1C(=O)C[C@@H](SC2=NCCS2)C1=O. The second-order valence-corrected chi connectivity index (χ2v) is 7.19. The third kappa shape index (κ3) is 2.50. The van der Waals surface area contributed by atoms with Crippen LogP contribution in [0.2, 0.25) is 0 Å². The van der Waals surface area contributed by atoms with Crippen molar-refractivity contribution in [1.29, 1.82) is 0 Å². The molecule has 20 heavy (non-hydrogen) atoms. The predicted molar refractivity (Wildman–Crippen MR) is 84.4 cm³/mol. The minimum Gasteiger partial charge on any atom is -0.274 e. The van der Waals surface area contributed by atoms with Crippen LogP contribution in [0.5, 0.6) is 0 Å². The number of hydrogen-bond donors (Lipinski definition) is 0. The molecule has 4 nitrogen and oxygen atoms in total. The van der Waals surface area contributed by atoms with Crippen LogP contribution in [-0.2, 0) is 9.59 Å². The molecule has 2 heterocycles. The number of para-hydroxylation sites is 1. The second kappa shape index (κ2) is 5.61. The number of rotatable bonds is 2. The number of imide groups is 1. The number of nitrogens with zero attached hydrogens (tertiary/aromatic N) is 2. The zero-order valence-corrected chi connectivity index (χ0v) is 12.7. The number of amides is 2. The minimum atomic E-state index is -0.327. The van der Waals surface area contributed by atoms with Crippen molar-refractivity contribution in [3.8, 4) is 0 Å². The Bertz CT molecular complexity index is 601. The number of anilines is 1. The van der Waals surface area contributed by atoms with Gasteiger partial charge < -0.3 is 0 Å². The molecule has 0 radical (unpaired) electrons. The number of hydrogen-bond acceptors (Lipinski definition) is 5. The monoisotopic (exact) mass is 306 g/mol. The molecule has 0 N–H and O–H groups in total. The van der Waals surface area contributed by atoms with Crippen LogP contribution < -0.4 is 4.90 Å². The summed E-state index contributed by atoms with van der Waals surface area (Å²) in [6.45, 7) is 2.72. The Hall–Kier alpha value is -1.27. The van der Waals surface area contributed by atoms with Crippen LogP contribution in [0.1, 0.15) is 12.0 Å². The fourth-order valence-electron chi connectivity index (χ4n) is 2.27. The summed E-state index contributed by atoms with van der Waals surface area (Å²) in [5.41, 5.74) is 1.64. The van der Waals surface area contributed by atoms with Gasteiger partial charge in [-0.15, -0.1) is 0 Å². The number of aryl methyl sites for hydroxylation is 1. The predicted octanol–water partition coefficient (Wildman–Crippen LogP) is 2.46. The third-order valence-corrected chi connectivity index (χ3v) is 5.65. The molecular weight excluding hydrogens is 292 g/mol. The molecular formula is C14H14N2O2S2. The maximum atomic E-state index is 12.5. The van der Waals surface area contributed by atoms with E-state index in [4.69, 9.17) is 0 Å². The summed E-state index contributed by atoms with van der Waals surface area (Å²) in [6.07, 6.45) is 0.261. The molecule has 104 valence electrons. The Morgan fingerprint density at radius 2 is 2.15 bits per heavy atom. The quantitative estimate of drug-likeness (QED) is 0.788. The molecule has 2 amide bonds. The van der Waals surface area contributed by atoms with Crippen LogP contribution in [0.3, 0.4) is 0 Å². The van der Waals surface area contributed by atoms with Crippen LogP contribution in [-0.4, -0.2) is 33.7 Å². The molecule has 3 rings (SSSR count). The molecule has 6 heteroatoms. The highest BCUT2D eigenvalue weighted by atomic mass is 32.2. The van der Waals surface area contributed by atoms with Gasteiger partial charge in [0.1, 0.15) is 9.63 Å². The van der Waals surface area contributed by atoms with Crippen LogP contribution in [0.4, 0.5) is 5.69 Å². The highest BCUT2D eigenvalue weighted by molar-refractivity contribution is 8.39. The molecule has 1 aromatic carbocycles. The highest BCUT2D eigenvalue weighted by Crippen LogP contribution is 2.35. The Labute approximate surface area is 126 Å². The van der Waals surface area contributed by atoms with Crippen molar-refractivity contribution in [2.45, 2.75) is 18.6 Å². The van der Waals surface area contributed by atoms with E-state index in [0.29, 0.717) is 5.69 Å². The van der Waals surface area contributed by atoms with Crippen molar-refractivity contribution in [2.24, 2.45) is 4.99 Å². The lowest BCUT2D eigenvalue weighted by molar-refractivity contribution is -0.121. The Morgan fingerprint density at radius 3 is 2.85 bits per heavy atom. The lowest BCUT2D eigenvalue weighted by Crippen LogP contribution is -2.31. The maximum absolute atomic E-state index is 12.5. The largest absolute Gasteiger partial charge is 0.274 e. The van der Waals surface area contributed by atoms with E-state index in [1.165, 1.54) is 16.7 Å². The normalized spacial score (nSPS) is 22.6. The van der Waals surface area contributed by atoms with Gasteiger partial charge in [0.25, 0.3) is 0 Å². The van der Waals surface area contributed by atoms with Crippen LogP contribution in [0.15, 0.2) is 29.3 Å². The molecule has 0 bridgehead atoms. The van der Waals surface area contributed by atoms with Crippen molar-refractivity contribution >= 4 is 45.4 Å². The molecule has 0 saturated carbocycles. The zero-order valence-electron chi connectivity index (χ0n) is 11.0. The molecule has 2 aliphatic rings. The van der Waals surface area contributed by atoms with Crippen LogP contribution in [0.25, 0.3) is 0 Å². The molecule has 1 atom stereocenters. The average Bonchev–Trinajstić information content (AvgIpc) is 3.01. The molecule has 0 spiro atoms. The first-order valence-corrected chi connectivity index (χ1v) is 8.29. The Kier molecular flexibility index (Phi) is 3.85. The third-order valence-electron chi connectivity index (χ3n) is 3.26. The van der Waals surface area contributed by atoms with E-state index in [1.807, 2.05) is 31.2 Å². The van der Waals surface area contributed by atoms with Gasteiger partial charge in [0.2, 0.25) is 11.8 Å². The van der Waals surface area contributed by atoms with Crippen molar-refractivity contribution in [3.63, 3.8) is 0 Å². The molecule has 1 aromatic rings. The smallest absolute Gasteiger partial charge is 0.247 e. The summed E-state index contributed by atoms with van der Waals surface area (Å²) >= 11 is 3.10. The van der Waals surface area contributed by atoms with Gasteiger partial charge in [-0.05, 0) is 18.6 Å². The first-order chi connectivity index (χ1) is 9.66. The van der Waals surface area contributed by atoms with Gasteiger partial charge >= 0.3 is 0 Å². The Morgan fingerprint density at radius 1 is 1.35 bits per heavy atom. The van der Waals surface area contributed by atoms with E-state index < -0.39 is 0 Å². The first-order valence-electron chi connectivity index (χ1n) is 6.43. The van der Waals surface area contributed by atoms with Gasteiger partial charge in [-0.1, -0.05) is 41.7 Å². The van der Waals surface area contributed by atoms with Gasteiger partial charge in [0, 0.05) is 12.2 Å². The van der Waals surface area contributed by atoms with Gasteiger partial charge in [-0.25, -0.2) is 4.90 Å². The molecule has 0 unspecified atom stereocenters. The lowest BCUT2D eigenvalue weighted by Gasteiger charge is -2.17. The molecule has 2 aliphatic heterocycles. The van der Waals surface area contributed by atoms with Crippen molar-refractivity contribution < 1.29 is 9.59 Å². The fourth-order valence-corrected chi connectivity index (χ4v) is 4.52. The van der Waals surface area contributed by atoms with Crippen LogP contribution >= 0.6 is 23.5 Å². The number of carbonyl (C=O) groups excluding carboxylic acids is 2.